The van der Waals surface area contributed by atoms with Crippen molar-refractivity contribution < 1.29 is 0 Å². The highest BCUT2D eigenvalue weighted by Gasteiger charge is 2.17. The maximum absolute atomic E-state index is 3.39. The normalized spacial score (nSPS) is 17.5. The third-order valence-electron chi connectivity index (χ3n) is 3.35. The number of anilines is 1. The zero-order valence-electron chi connectivity index (χ0n) is 11.2. The summed E-state index contributed by atoms with van der Waals surface area (Å²) in [6.45, 7) is 11.9. The molecule has 0 spiro atoms. The molecule has 0 bridgehead atoms. The molecule has 0 aliphatic carbocycles. The molecule has 1 aliphatic heterocycles. The average molecular weight is 233 g/mol. The highest BCUT2D eigenvalue weighted by Crippen LogP contribution is 2.22. The lowest BCUT2D eigenvalue weighted by molar-refractivity contribution is 0.181. The van der Waals surface area contributed by atoms with E-state index in [1.807, 2.05) is 0 Å². The molecular weight excluding hydrogens is 210 g/mol. The van der Waals surface area contributed by atoms with Crippen LogP contribution in [-0.4, -0.2) is 37.7 Å². The van der Waals surface area contributed by atoms with Crippen LogP contribution >= 0.6 is 0 Å². The van der Waals surface area contributed by atoms with E-state index in [-0.39, 0.29) is 0 Å². The molecule has 0 amide bonds. The molecule has 3 nitrogen and oxygen atoms in total. The molecule has 0 unspecified atom stereocenters. The van der Waals surface area contributed by atoms with Crippen molar-refractivity contribution in [2.45, 2.75) is 20.8 Å². The zero-order chi connectivity index (χ0) is 12.3. The van der Waals surface area contributed by atoms with Gasteiger partial charge in [0.25, 0.3) is 0 Å². The Labute approximate surface area is 104 Å². The summed E-state index contributed by atoms with van der Waals surface area (Å²) in [7, 11) is 0. The molecule has 0 aromatic heterocycles. The standard InChI is InChI=1S/C14H23N3/c1-4-15-17-9-7-16(8-10-17)14-6-5-12(2)11-13(14)3/h5-6,11,15H,4,7-10H2,1-3H3. The molecule has 0 atom stereocenters. The first-order valence-corrected chi connectivity index (χ1v) is 6.51. The third kappa shape index (κ3) is 2.99. The van der Waals surface area contributed by atoms with E-state index in [9.17, 15) is 0 Å². The number of aryl methyl sites for hydroxylation is 2. The fourth-order valence-electron chi connectivity index (χ4n) is 2.49. The second-order valence-electron chi connectivity index (χ2n) is 4.78. The van der Waals surface area contributed by atoms with E-state index in [1.54, 1.807) is 0 Å². The van der Waals surface area contributed by atoms with Crippen LogP contribution < -0.4 is 10.3 Å². The summed E-state index contributed by atoms with van der Waals surface area (Å²) in [6.07, 6.45) is 0. The molecule has 1 N–H and O–H groups in total. The Morgan fingerprint density at radius 3 is 2.41 bits per heavy atom. The fourth-order valence-corrected chi connectivity index (χ4v) is 2.49. The van der Waals surface area contributed by atoms with Gasteiger partial charge in [0.05, 0.1) is 0 Å². The fraction of sp³-hybridized carbons (Fsp3) is 0.571. The number of hydrogen-bond donors (Lipinski definition) is 1. The monoisotopic (exact) mass is 233 g/mol. The molecule has 0 saturated carbocycles. The third-order valence-corrected chi connectivity index (χ3v) is 3.35. The van der Waals surface area contributed by atoms with Crippen molar-refractivity contribution in [1.82, 2.24) is 10.4 Å². The number of rotatable bonds is 3. The van der Waals surface area contributed by atoms with E-state index >= 15 is 0 Å². The van der Waals surface area contributed by atoms with E-state index in [4.69, 9.17) is 0 Å². The van der Waals surface area contributed by atoms with E-state index in [0.717, 1.165) is 32.7 Å². The minimum absolute atomic E-state index is 1.02. The van der Waals surface area contributed by atoms with Gasteiger partial charge in [0.15, 0.2) is 0 Å². The minimum Gasteiger partial charge on any atom is -0.369 e. The molecule has 1 aromatic rings. The van der Waals surface area contributed by atoms with Crippen LogP contribution in [-0.2, 0) is 0 Å². The van der Waals surface area contributed by atoms with Gasteiger partial charge in [-0.1, -0.05) is 24.6 Å². The van der Waals surface area contributed by atoms with Crippen LogP contribution in [0, 0.1) is 13.8 Å². The Morgan fingerprint density at radius 1 is 1.12 bits per heavy atom. The van der Waals surface area contributed by atoms with Gasteiger partial charge in [-0.3, -0.25) is 5.43 Å². The SMILES string of the molecule is CCNN1CCN(c2ccc(C)cc2C)CC1. The minimum atomic E-state index is 1.02. The summed E-state index contributed by atoms with van der Waals surface area (Å²) in [5, 5.41) is 2.32. The van der Waals surface area contributed by atoms with Crippen molar-refractivity contribution in [2.75, 3.05) is 37.6 Å². The summed E-state index contributed by atoms with van der Waals surface area (Å²) < 4.78 is 0. The molecule has 1 heterocycles. The van der Waals surface area contributed by atoms with E-state index in [1.165, 1.54) is 16.8 Å². The molecule has 1 aliphatic rings. The number of benzene rings is 1. The summed E-state index contributed by atoms with van der Waals surface area (Å²) in [5.74, 6) is 0. The Kier molecular flexibility index (Phi) is 4.02. The van der Waals surface area contributed by atoms with Gasteiger partial charge in [-0.2, -0.15) is 0 Å². The van der Waals surface area contributed by atoms with Crippen LogP contribution in [0.4, 0.5) is 5.69 Å². The Morgan fingerprint density at radius 2 is 1.82 bits per heavy atom. The van der Waals surface area contributed by atoms with Crippen molar-refractivity contribution in [1.29, 1.82) is 0 Å². The number of piperazine rings is 1. The van der Waals surface area contributed by atoms with Gasteiger partial charge in [0, 0.05) is 38.4 Å². The molecule has 0 radical (unpaired) electrons. The van der Waals surface area contributed by atoms with Gasteiger partial charge in [-0.15, -0.1) is 0 Å². The van der Waals surface area contributed by atoms with Crippen molar-refractivity contribution in [3.05, 3.63) is 29.3 Å². The maximum atomic E-state index is 3.39. The molecule has 3 heteroatoms. The van der Waals surface area contributed by atoms with Crippen LogP contribution in [0.3, 0.4) is 0 Å². The van der Waals surface area contributed by atoms with Crippen LogP contribution in [0.2, 0.25) is 0 Å². The predicted molar refractivity (Wildman–Crippen MR) is 73.4 cm³/mol. The average Bonchev–Trinajstić information content (AvgIpc) is 2.31. The molecular formula is C14H23N3. The summed E-state index contributed by atoms with van der Waals surface area (Å²) in [5.41, 5.74) is 7.52. The van der Waals surface area contributed by atoms with Crippen molar-refractivity contribution >= 4 is 5.69 Å². The predicted octanol–water partition coefficient (Wildman–Crippen LogP) is 1.95. The largest absolute Gasteiger partial charge is 0.369 e. The van der Waals surface area contributed by atoms with Gasteiger partial charge < -0.3 is 4.90 Å². The van der Waals surface area contributed by atoms with Crippen LogP contribution in [0.15, 0.2) is 18.2 Å². The summed E-state index contributed by atoms with van der Waals surface area (Å²) in [4.78, 5) is 2.49. The Balaban J connectivity index is 2.00. The van der Waals surface area contributed by atoms with Crippen molar-refractivity contribution in [3.8, 4) is 0 Å². The van der Waals surface area contributed by atoms with E-state index in [2.05, 4.69) is 54.3 Å². The number of hydrazine groups is 1. The number of nitrogens with one attached hydrogen (secondary N) is 1. The topological polar surface area (TPSA) is 18.5 Å². The van der Waals surface area contributed by atoms with Crippen LogP contribution in [0.1, 0.15) is 18.1 Å². The first kappa shape index (κ1) is 12.4. The highest BCUT2D eigenvalue weighted by molar-refractivity contribution is 5.54. The van der Waals surface area contributed by atoms with Gasteiger partial charge in [-0.25, -0.2) is 5.01 Å². The quantitative estimate of drug-likeness (QED) is 0.861. The van der Waals surface area contributed by atoms with Crippen LogP contribution in [0.5, 0.6) is 0 Å². The van der Waals surface area contributed by atoms with E-state index in [0.29, 0.717) is 0 Å². The molecule has 1 fully saturated rings. The lowest BCUT2D eigenvalue weighted by Crippen LogP contribution is -2.52. The molecule has 1 saturated heterocycles. The molecule has 17 heavy (non-hydrogen) atoms. The smallest absolute Gasteiger partial charge is 0.0397 e. The highest BCUT2D eigenvalue weighted by atomic mass is 15.5. The number of hydrogen-bond acceptors (Lipinski definition) is 3. The number of nitrogens with zero attached hydrogens (tertiary/aromatic N) is 2. The summed E-state index contributed by atoms with van der Waals surface area (Å²) >= 11 is 0. The second kappa shape index (κ2) is 5.52. The molecule has 1 aromatic carbocycles. The first-order chi connectivity index (χ1) is 8.20. The lowest BCUT2D eigenvalue weighted by atomic mass is 10.1. The lowest BCUT2D eigenvalue weighted by Gasteiger charge is -2.36. The van der Waals surface area contributed by atoms with Gasteiger partial charge in [0.1, 0.15) is 0 Å². The molecule has 2 rings (SSSR count). The van der Waals surface area contributed by atoms with Crippen molar-refractivity contribution in [3.63, 3.8) is 0 Å². The second-order valence-corrected chi connectivity index (χ2v) is 4.78. The van der Waals surface area contributed by atoms with Gasteiger partial charge in [0.2, 0.25) is 0 Å². The van der Waals surface area contributed by atoms with Gasteiger partial charge in [-0.05, 0) is 25.5 Å². The molecule has 94 valence electrons. The van der Waals surface area contributed by atoms with Crippen molar-refractivity contribution in [2.24, 2.45) is 0 Å². The Bertz CT molecular complexity index is 368. The van der Waals surface area contributed by atoms with Gasteiger partial charge >= 0.3 is 0 Å². The van der Waals surface area contributed by atoms with Crippen LogP contribution in [0.25, 0.3) is 0 Å². The Hall–Kier alpha value is -1.06. The summed E-state index contributed by atoms with van der Waals surface area (Å²) in [6, 6.07) is 6.73. The van der Waals surface area contributed by atoms with E-state index < -0.39 is 0 Å². The maximum Gasteiger partial charge on any atom is 0.0397 e. The first-order valence-electron chi connectivity index (χ1n) is 6.51. The zero-order valence-corrected chi connectivity index (χ0v) is 11.2.